The Morgan fingerprint density at radius 1 is 1.26 bits per heavy atom. The van der Waals surface area contributed by atoms with E-state index < -0.39 is 14.6 Å². The van der Waals surface area contributed by atoms with E-state index in [1.807, 2.05) is 13.0 Å². The molecule has 2 rings (SSSR count). The first-order chi connectivity index (χ1) is 8.93. The Balaban J connectivity index is 2.58. The Bertz CT molecular complexity index is 623. The van der Waals surface area contributed by atoms with E-state index in [4.69, 9.17) is 0 Å². The number of nitrogens with one attached hydrogen (secondary N) is 1. The molecule has 1 aromatic carbocycles. The lowest BCUT2D eigenvalue weighted by atomic mass is 9.99. The number of hydrogen-bond acceptors (Lipinski definition) is 4. The van der Waals surface area contributed by atoms with Crippen LogP contribution in [0, 0.1) is 25.2 Å². The van der Waals surface area contributed by atoms with E-state index in [0.717, 1.165) is 5.56 Å². The third-order valence-corrected chi connectivity index (χ3v) is 6.31. The third kappa shape index (κ3) is 2.26. The fraction of sp³-hybridized carbons (Fsp3) is 0.500. The zero-order valence-electron chi connectivity index (χ0n) is 11.2. The number of aryl methyl sites for hydroxylation is 2. The molecule has 0 atom stereocenters. The molecule has 102 valence electrons. The topological polar surface area (TPSA) is 70.0 Å². The van der Waals surface area contributed by atoms with Crippen molar-refractivity contribution in [1.29, 1.82) is 5.26 Å². The molecule has 0 spiro atoms. The molecule has 1 saturated heterocycles. The molecule has 0 radical (unpaired) electrons. The Hall–Kier alpha value is -1.38. The Kier molecular flexibility index (Phi) is 3.66. The quantitative estimate of drug-likeness (QED) is 0.894. The van der Waals surface area contributed by atoms with Gasteiger partial charge in [0.25, 0.3) is 0 Å². The van der Waals surface area contributed by atoms with Crippen LogP contribution in [0.1, 0.15) is 24.0 Å². The van der Waals surface area contributed by atoms with Gasteiger partial charge in [0, 0.05) is 0 Å². The molecule has 0 aliphatic carbocycles. The first-order valence-electron chi connectivity index (χ1n) is 6.37. The van der Waals surface area contributed by atoms with E-state index in [0.29, 0.717) is 36.4 Å². The van der Waals surface area contributed by atoms with Crippen LogP contribution in [0.15, 0.2) is 23.1 Å². The molecule has 0 saturated carbocycles. The minimum absolute atomic E-state index is 0.302. The summed E-state index contributed by atoms with van der Waals surface area (Å²) in [7, 11) is -3.63. The van der Waals surface area contributed by atoms with Gasteiger partial charge < -0.3 is 5.32 Å². The summed E-state index contributed by atoms with van der Waals surface area (Å²) in [4.78, 5) is 0.302. The van der Waals surface area contributed by atoms with Crippen molar-refractivity contribution in [2.45, 2.75) is 36.3 Å². The molecule has 1 aliphatic rings. The summed E-state index contributed by atoms with van der Waals surface area (Å²) in [5.41, 5.74) is 1.60. The SMILES string of the molecule is Cc1ccc(C)c(S(=O)(=O)C2(C#N)CCNCC2)c1. The highest BCUT2D eigenvalue weighted by molar-refractivity contribution is 7.93. The summed E-state index contributed by atoms with van der Waals surface area (Å²) in [6, 6.07) is 7.43. The van der Waals surface area contributed by atoms with Crippen molar-refractivity contribution >= 4 is 9.84 Å². The van der Waals surface area contributed by atoms with Crippen LogP contribution in [0.25, 0.3) is 0 Å². The van der Waals surface area contributed by atoms with Gasteiger partial charge in [-0.15, -0.1) is 0 Å². The molecule has 0 bridgehead atoms. The summed E-state index contributed by atoms with van der Waals surface area (Å²) < 4.78 is 24.4. The highest BCUT2D eigenvalue weighted by Gasteiger charge is 2.46. The van der Waals surface area contributed by atoms with Gasteiger partial charge in [-0.2, -0.15) is 5.26 Å². The second-order valence-electron chi connectivity index (χ2n) is 5.13. The number of hydrogen-bond donors (Lipinski definition) is 1. The van der Waals surface area contributed by atoms with Crippen molar-refractivity contribution in [3.05, 3.63) is 29.3 Å². The number of rotatable bonds is 2. The van der Waals surface area contributed by atoms with Gasteiger partial charge in [0.05, 0.1) is 11.0 Å². The van der Waals surface area contributed by atoms with E-state index in [1.165, 1.54) is 0 Å². The first kappa shape index (κ1) is 14.0. The van der Waals surface area contributed by atoms with Crippen molar-refractivity contribution < 1.29 is 8.42 Å². The number of nitrogens with zero attached hydrogens (tertiary/aromatic N) is 1. The van der Waals surface area contributed by atoms with Crippen LogP contribution in [-0.2, 0) is 9.84 Å². The standard InChI is InChI=1S/C14H18N2O2S/c1-11-3-4-12(2)13(9-11)19(17,18)14(10-15)5-7-16-8-6-14/h3-4,9,16H,5-8H2,1-2H3. The van der Waals surface area contributed by atoms with Gasteiger partial charge in [-0.05, 0) is 57.0 Å². The van der Waals surface area contributed by atoms with E-state index in [-0.39, 0.29) is 0 Å². The van der Waals surface area contributed by atoms with E-state index >= 15 is 0 Å². The van der Waals surface area contributed by atoms with Gasteiger partial charge in [-0.1, -0.05) is 12.1 Å². The fourth-order valence-corrected chi connectivity index (χ4v) is 4.59. The highest BCUT2D eigenvalue weighted by atomic mass is 32.2. The van der Waals surface area contributed by atoms with Gasteiger partial charge in [0.1, 0.15) is 0 Å². The van der Waals surface area contributed by atoms with Crippen molar-refractivity contribution in [3.8, 4) is 6.07 Å². The summed E-state index contributed by atoms with van der Waals surface area (Å²) in [6.45, 7) is 4.77. The van der Waals surface area contributed by atoms with Crippen LogP contribution in [0.2, 0.25) is 0 Å². The molecular weight excluding hydrogens is 260 g/mol. The molecule has 0 aromatic heterocycles. The molecule has 0 amide bonds. The number of piperidine rings is 1. The number of sulfone groups is 1. The Labute approximate surface area is 114 Å². The van der Waals surface area contributed by atoms with Crippen molar-refractivity contribution in [2.75, 3.05) is 13.1 Å². The second kappa shape index (κ2) is 4.95. The van der Waals surface area contributed by atoms with Gasteiger partial charge in [0.2, 0.25) is 0 Å². The van der Waals surface area contributed by atoms with Gasteiger partial charge >= 0.3 is 0 Å². The predicted molar refractivity (Wildman–Crippen MR) is 73.5 cm³/mol. The average molecular weight is 278 g/mol. The molecule has 1 aliphatic heterocycles. The number of nitriles is 1. The van der Waals surface area contributed by atoms with Crippen molar-refractivity contribution in [2.24, 2.45) is 0 Å². The summed E-state index contributed by atoms with van der Waals surface area (Å²) >= 11 is 0. The van der Waals surface area contributed by atoms with Crippen LogP contribution in [-0.4, -0.2) is 26.3 Å². The summed E-state index contributed by atoms with van der Waals surface area (Å²) in [6.07, 6.45) is 0.693. The predicted octanol–water partition coefficient (Wildman–Crippen LogP) is 1.72. The van der Waals surface area contributed by atoms with Crippen LogP contribution < -0.4 is 5.32 Å². The zero-order chi connectivity index (χ0) is 14.1. The largest absolute Gasteiger partial charge is 0.317 e. The molecule has 1 N–H and O–H groups in total. The first-order valence-corrected chi connectivity index (χ1v) is 7.85. The Morgan fingerprint density at radius 3 is 2.47 bits per heavy atom. The zero-order valence-corrected chi connectivity index (χ0v) is 12.0. The summed E-state index contributed by atoms with van der Waals surface area (Å²) in [5.74, 6) is 0. The van der Waals surface area contributed by atoms with Crippen molar-refractivity contribution in [1.82, 2.24) is 5.32 Å². The summed E-state index contributed by atoms with van der Waals surface area (Å²) in [5, 5.41) is 12.5. The minimum atomic E-state index is -3.63. The van der Waals surface area contributed by atoms with Gasteiger partial charge in [0.15, 0.2) is 14.6 Å². The normalized spacial score (nSPS) is 18.8. The molecule has 5 heteroatoms. The van der Waals surface area contributed by atoms with E-state index in [1.54, 1.807) is 19.1 Å². The average Bonchev–Trinajstić information content (AvgIpc) is 2.42. The van der Waals surface area contributed by atoms with Crippen LogP contribution in [0.5, 0.6) is 0 Å². The molecule has 1 aromatic rings. The van der Waals surface area contributed by atoms with Crippen LogP contribution >= 0.6 is 0 Å². The molecule has 0 unspecified atom stereocenters. The van der Waals surface area contributed by atoms with Crippen molar-refractivity contribution in [3.63, 3.8) is 0 Å². The monoisotopic (exact) mass is 278 g/mol. The third-order valence-electron chi connectivity index (χ3n) is 3.76. The Morgan fingerprint density at radius 2 is 1.89 bits per heavy atom. The fourth-order valence-electron chi connectivity index (χ4n) is 2.48. The van der Waals surface area contributed by atoms with Crippen LogP contribution in [0.4, 0.5) is 0 Å². The molecule has 1 heterocycles. The number of benzene rings is 1. The molecule has 19 heavy (non-hydrogen) atoms. The maximum atomic E-state index is 12.9. The van der Waals surface area contributed by atoms with Gasteiger partial charge in [-0.3, -0.25) is 0 Å². The van der Waals surface area contributed by atoms with Gasteiger partial charge in [-0.25, -0.2) is 8.42 Å². The highest BCUT2D eigenvalue weighted by Crippen LogP contribution is 2.34. The van der Waals surface area contributed by atoms with E-state index in [2.05, 4.69) is 11.4 Å². The molecule has 4 nitrogen and oxygen atoms in total. The lowest BCUT2D eigenvalue weighted by Crippen LogP contribution is -2.46. The smallest absolute Gasteiger partial charge is 0.197 e. The van der Waals surface area contributed by atoms with Crippen LogP contribution in [0.3, 0.4) is 0 Å². The minimum Gasteiger partial charge on any atom is -0.317 e. The lowest BCUT2D eigenvalue weighted by Gasteiger charge is -2.31. The second-order valence-corrected chi connectivity index (χ2v) is 7.36. The maximum absolute atomic E-state index is 12.9. The molecular formula is C14H18N2O2S. The molecule has 1 fully saturated rings. The van der Waals surface area contributed by atoms with E-state index in [9.17, 15) is 13.7 Å². The maximum Gasteiger partial charge on any atom is 0.197 e. The lowest BCUT2D eigenvalue weighted by molar-refractivity contribution is 0.444.